The molecule has 0 aromatic rings. The SMILES string of the molecule is CCCCS(=O)(=O)S(=O)[O-]. The molecular formula is C4H9O4S2-. The topological polar surface area (TPSA) is 74.3 Å². The Balaban J connectivity index is 4.03. The van der Waals surface area contributed by atoms with Crippen molar-refractivity contribution in [2.45, 2.75) is 19.8 Å². The van der Waals surface area contributed by atoms with Gasteiger partial charge in [-0.1, -0.05) is 13.3 Å². The van der Waals surface area contributed by atoms with E-state index in [0.29, 0.717) is 12.8 Å². The Kier molecular flexibility index (Phi) is 4.07. The summed E-state index contributed by atoms with van der Waals surface area (Å²) in [7, 11) is -6.80. The summed E-state index contributed by atoms with van der Waals surface area (Å²) in [4.78, 5) is 0. The lowest BCUT2D eigenvalue weighted by atomic mass is 10.4. The van der Waals surface area contributed by atoms with Crippen LogP contribution in [0.3, 0.4) is 0 Å². The molecule has 0 aliphatic carbocycles. The molecule has 4 nitrogen and oxygen atoms in total. The van der Waals surface area contributed by atoms with Crippen LogP contribution in [0, 0.1) is 0 Å². The summed E-state index contributed by atoms with van der Waals surface area (Å²) in [5.41, 5.74) is 0. The zero-order valence-electron chi connectivity index (χ0n) is 5.57. The zero-order chi connectivity index (χ0) is 8.20. The summed E-state index contributed by atoms with van der Waals surface area (Å²) < 4.78 is 40.8. The lowest BCUT2D eigenvalue weighted by molar-refractivity contribution is 0.539. The fourth-order valence-corrected chi connectivity index (χ4v) is 1.93. The summed E-state index contributed by atoms with van der Waals surface area (Å²) in [5, 5.41) is 0. The molecule has 0 amide bonds. The van der Waals surface area contributed by atoms with E-state index < -0.39 is 19.0 Å². The van der Waals surface area contributed by atoms with Gasteiger partial charge in [0.15, 0.2) is 0 Å². The second-order valence-corrected chi connectivity index (χ2v) is 6.09. The van der Waals surface area contributed by atoms with Gasteiger partial charge in [0.1, 0.15) is 0 Å². The summed E-state index contributed by atoms with van der Waals surface area (Å²) in [6.07, 6.45) is 1.08. The van der Waals surface area contributed by atoms with Gasteiger partial charge in [-0.15, -0.1) is 0 Å². The average Bonchev–Trinajstić information content (AvgIpc) is 1.84. The van der Waals surface area contributed by atoms with Crippen molar-refractivity contribution in [2.75, 3.05) is 5.75 Å². The molecule has 0 aliphatic rings. The van der Waals surface area contributed by atoms with E-state index in [-0.39, 0.29) is 5.75 Å². The largest absolute Gasteiger partial charge is 0.760 e. The van der Waals surface area contributed by atoms with Gasteiger partial charge in [-0.05, 0) is 6.42 Å². The van der Waals surface area contributed by atoms with Crippen molar-refractivity contribution in [3.05, 3.63) is 0 Å². The van der Waals surface area contributed by atoms with E-state index in [9.17, 15) is 17.2 Å². The third-order valence-corrected chi connectivity index (χ3v) is 3.90. The van der Waals surface area contributed by atoms with E-state index in [2.05, 4.69) is 0 Å². The van der Waals surface area contributed by atoms with Crippen LogP contribution >= 0.6 is 0 Å². The average molecular weight is 185 g/mol. The van der Waals surface area contributed by atoms with Crippen LogP contribution in [0.25, 0.3) is 0 Å². The lowest BCUT2D eigenvalue weighted by Crippen LogP contribution is -2.11. The molecule has 1 unspecified atom stereocenters. The summed E-state index contributed by atoms with van der Waals surface area (Å²) >= 11 is 0. The molecule has 62 valence electrons. The maximum absolute atomic E-state index is 10.5. The van der Waals surface area contributed by atoms with Crippen LogP contribution in [0.5, 0.6) is 0 Å². The van der Waals surface area contributed by atoms with Gasteiger partial charge in [0.25, 0.3) is 0 Å². The van der Waals surface area contributed by atoms with Crippen molar-refractivity contribution in [3.8, 4) is 0 Å². The molecule has 6 heteroatoms. The smallest absolute Gasteiger partial charge is 0.217 e. The maximum Gasteiger partial charge on any atom is 0.217 e. The van der Waals surface area contributed by atoms with E-state index >= 15 is 0 Å². The molecule has 10 heavy (non-hydrogen) atoms. The van der Waals surface area contributed by atoms with Gasteiger partial charge in [-0.2, -0.15) is 0 Å². The van der Waals surface area contributed by atoms with Gasteiger partial charge in [0.2, 0.25) is 8.87 Å². The van der Waals surface area contributed by atoms with Gasteiger partial charge in [0.05, 0.1) is 15.9 Å². The van der Waals surface area contributed by atoms with Crippen molar-refractivity contribution in [1.82, 2.24) is 0 Å². The number of hydrogen-bond acceptors (Lipinski definition) is 4. The van der Waals surface area contributed by atoms with Crippen LogP contribution in [0.2, 0.25) is 0 Å². The number of rotatable bonds is 4. The van der Waals surface area contributed by atoms with Gasteiger partial charge in [0, 0.05) is 0 Å². The van der Waals surface area contributed by atoms with E-state index in [1.165, 1.54) is 0 Å². The van der Waals surface area contributed by atoms with Gasteiger partial charge in [-0.25, -0.2) is 8.42 Å². The normalized spacial score (nSPS) is 15.0. The summed E-state index contributed by atoms with van der Waals surface area (Å²) in [6.45, 7) is 1.79. The van der Waals surface area contributed by atoms with Gasteiger partial charge in [-0.3, -0.25) is 4.21 Å². The Morgan fingerprint density at radius 1 is 1.50 bits per heavy atom. The van der Waals surface area contributed by atoms with Crippen LogP contribution in [-0.4, -0.2) is 22.9 Å². The second kappa shape index (κ2) is 4.05. The van der Waals surface area contributed by atoms with E-state index in [1.54, 1.807) is 6.92 Å². The molecule has 0 fully saturated rings. The third-order valence-electron chi connectivity index (χ3n) is 0.955. The highest BCUT2D eigenvalue weighted by Gasteiger charge is 2.08. The zero-order valence-corrected chi connectivity index (χ0v) is 7.20. The monoisotopic (exact) mass is 185 g/mol. The lowest BCUT2D eigenvalue weighted by Gasteiger charge is -2.04. The molecule has 0 aliphatic heterocycles. The predicted octanol–water partition coefficient (Wildman–Crippen LogP) is -0.00460. The molecular weight excluding hydrogens is 176 g/mol. The minimum absolute atomic E-state index is 0.264. The highest BCUT2D eigenvalue weighted by atomic mass is 33.2. The summed E-state index contributed by atoms with van der Waals surface area (Å²) in [6, 6.07) is 0. The molecule has 0 rings (SSSR count). The molecule has 0 saturated heterocycles. The molecule has 0 radical (unpaired) electrons. The van der Waals surface area contributed by atoms with E-state index in [1.807, 2.05) is 0 Å². The first kappa shape index (κ1) is 10.1. The Morgan fingerprint density at radius 3 is 2.30 bits per heavy atom. The summed E-state index contributed by atoms with van der Waals surface area (Å²) in [5.74, 6) is -0.264. The van der Waals surface area contributed by atoms with Gasteiger partial charge >= 0.3 is 0 Å². The minimum Gasteiger partial charge on any atom is -0.760 e. The molecule has 0 aromatic carbocycles. The molecule has 0 heterocycles. The Labute approximate surface area is 62.2 Å². The highest BCUT2D eigenvalue weighted by molar-refractivity contribution is 8.61. The van der Waals surface area contributed by atoms with Crippen molar-refractivity contribution < 1.29 is 17.2 Å². The quantitative estimate of drug-likeness (QED) is 0.456. The van der Waals surface area contributed by atoms with Crippen LogP contribution in [0.15, 0.2) is 0 Å². The first-order valence-electron chi connectivity index (χ1n) is 2.83. The number of unbranched alkanes of at least 4 members (excludes halogenated alkanes) is 1. The number of hydrogen-bond donors (Lipinski definition) is 0. The third kappa shape index (κ3) is 3.28. The van der Waals surface area contributed by atoms with E-state index in [4.69, 9.17) is 0 Å². The van der Waals surface area contributed by atoms with Crippen LogP contribution < -0.4 is 0 Å². The Bertz CT molecular complexity index is 205. The maximum atomic E-state index is 10.5. The standard InChI is InChI=1S/C4H10O4S2/c1-2-3-4-10(7,8)9(5)6/h2-4H2,1H3,(H,5,6)/p-1. The Hall–Kier alpha value is 0.0600. The minimum atomic E-state index is -3.84. The molecule has 0 saturated carbocycles. The van der Waals surface area contributed by atoms with Crippen molar-refractivity contribution >= 4 is 19.0 Å². The molecule has 0 aromatic heterocycles. The first-order chi connectivity index (χ1) is 4.50. The molecule has 1 atom stereocenters. The fourth-order valence-electron chi connectivity index (χ4n) is 0.389. The molecule has 0 N–H and O–H groups in total. The van der Waals surface area contributed by atoms with Crippen molar-refractivity contribution in [2.24, 2.45) is 0 Å². The van der Waals surface area contributed by atoms with Crippen LogP contribution in [0.4, 0.5) is 0 Å². The first-order valence-corrected chi connectivity index (χ1v) is 6.07. The second-order valence-electron chi connectivity index (χ2n) is 1.82. The van der Waals surface area contributed by atoms with Crippen LogP contribution in [-0.2, 0) is 19.0 Å². The molecule has 0 spiro atoms. The fraction of sp³-hybridized carbons (Fsp3) is 1.00. The highest BCUT2D eigenvalue weighted by Crippen LogP contribution is 1.99. The molecule has 0 bridgehead atoms. The van der Waals surface area contributed by atoms with Crippen molar-refractivity contribution in [3.63, 3.8) is 0 Å². The van der Waals surface area contributed by atoms with E-state index in [0.717, 1.165) is 0 Å². The van der Waals surface area contributed by atoms with Crippen LogP contribution in [0.1, 0.15) is 19.8 Å². The Morgan fingerprint density at radius 2 is 2.00 bits per heavy atom. The predicted molar refractivity (Wildman–Crippen MR) is 37.6 cm³/mol. The van der Waals surface area contributed by atoms with Crippen molar-refractivity contribution in [1.29, 1.82) is 0 Å². The van der Waals surface area contributed by atoms with Gasteiger partial charge < -0.3 is 4.55 Å².